The van der Waals surface area contributed by atoms with Gasteiger partial charge >= 0.3 is 12.4 Å². The predicted molar refractivity (Wildman–Crippen MR) is 42.0 cm³/mol. The molecule has 0 aliphatic rings. The Morgan fingerprint density at radius 3 is 2.67 bits per heavy atom. The molecule has 0 rings (SSSR count). The van der Waals surface area contributed by atoms with Crippen molar-refractivity contribution < 1.29 is 19.1 Å². The molecule has 0 aliphatic carbocycles. The molecule has 0 atom stereocenters. The minimum Gasteiger partial charge on any atom is -0.463 e. The lowest BCUT2D eigenvalue weighted by Crippen LogP contribution is -2.03. The first kappa shape index (κ1) is 10.7. The van der Waals surface area contributed by atoms with Crippen molar-refractivity contribution in [2.75, 3.05) is 13.2 Å². The highest BCUT2D eigenvalue weighted by atomic mass is 16.5. The Bertz CT molecular complexity index is 153. The van der Waals surface area contributed by atoms with Crippen LogP contribution in [0.25, 0.3) is 0 Å². The van der Waals surface area contributed by atoms with E-state index in [-0.39, 0.29) is 0 Å². The van der Waals surface area contributed by atoms with Crippen LogP contribution in [0.5, 0.6) is 0 Å². The van der Waals surface area contributed by atoms with Gasteiger partial charge in [0, 0.05) is 6.08 Å². The molecule has 1 radical (unpaired) electrons. The minimum absolute atomic E-state index is 0.315. The van der Waals surface area contributed by atoms with Crippen LogP contribution in [-0.2, 0) is 19.1 Å². The second-order valence-corrected chi connectivity index (χ2v) is 2.01. The normalized spacial score (nSPS) is 8.67. The van der Waals surface area contributed by atoms with E-state index in [1.54, 1.807) is 0 Å². The van der Waals surface area contributed by atoms with Crippen LogP contribution in [0, 0.1) is 0 Å². The van der Waals surface area contributed by atoms with Crippen LogP contribution in [0.4, 0.5) is 0 Å². The molecule has 0 aromatic rings. The zero-order chi connectivity index (χ0) is 9.23. The van der Waals surface area contributed by atoms with E-state index >= 15 is 0 Å². The van der Waals surface area contributed by atoms with Crippen molar-refractivity contribution >= 4 is 12.4 Å². The number of hydrogen-bond acceptors (Lipinski definition) is 4. The number of rotatable bonds is 7. The zero-order valence-electron chi connectivity index (χ0n) is 6.75. The van der Waals surface area contributed by atoms with Gasteiger partial charge in [0.05, 0.1) is 13.2 Å². The van der Waals surface area contributed by atoms with Crippen molar-refractivity contribution in [3.05, 3.63) is 12.7 Å². The fraction of sp³-hybridized carbons (Fsp3) is 0.500. The SMILES string of the molecule is C=CC(=O)OCCCCO[C]=O. The van der Waals surface area contributed by atoms with Gasteiger partial charge in [-0.25, -0.2) is 9.59 Å². The molecule has 0 bridgehead atoms. The van der Waals surface area contributed by atoms with Gasteiger partial charge in [-0.2, -0.15) is 0 Å². The van der Waals surface area contributed by atoms with Crippen LogP contribution in [0.1, 0.15) is 12.8 Å². The Morgan fingerprint density at radius 1 is 1.42 bits per heavy atom. The Balaban J connectivity index is 3.05. The minimum atomic E-state index is -0.433. The third-order valence-corrected chi connectivity index (χ3v) is 1.11. The average Bonchev–Trinajstić information content (AvgIpc) is 2.10. The maximum Gasteiger partial charge on any atom is 0.417 e. The molecule has 0 N–H and O–H groups in total. The summed E-state index contributed by atoms with van der Waals surface area (Å²) in [5.74, 6) is -0.433. The van der Waals surface area contributed by atoms with Gasteiger partial charge in [-0.3, -0.25) is 0 Å². The molecule has 4 nitrogen and oxygen atoms in total. The zero-order valence-corrected chi connectivity index (χ0v) is 6.75. The molecule has 0 saturated heterocycles. The molecular formula is C8H11O4. The predicted octanol–water partition coefficient (Wildman–Crippen LogP) is 0.580. The lowest BCUT2D eigenvalue weighted by Gasteiger charge is -2.00. The van der Waals surface area contributed by atoms with Crippen molar-refractivity contribution in [2.24, 2.45) is 0 Å². The molecule has 4 heteroatoms. The van der Waals surface area contributed by atoms with E-state index in [2.05, 4.69) is 16.1 Å². The number of unbranched alkanes of at least 4 members (excludes halogenated alkanes) is 1. The summed E-state index contributed by atoms with van der Waals surface area (Å²) in [4.78, 5) is 20.0. The fourth-order valence-corrected chi connectivity index (χ4v) is 0.550. The van der Waals surface area contributed by atoms with E-state index < -0.39 is 5.97 Å². The lowest BCUT2D eigenvalue weighted by atomic mass is 10.3. The molecule has 0 amide bonds. The number of hydrogen-bond donors (Lipinski definition) is 0. The molecule has 67 valence electrons. The monoisotopic (exact) mass is 171 g/mol. The summed E-state index contributed by atoms with van der Waals surface area (Å²) in [5, 5.41) is 0. The maximum absolute atomic E-state index is 10.5. The van der Waals surface area contributed by atoms with Crippen LogP contribution in [0.2, 0.25) is 0 Å². The van der Waals surface area contributed by atoms with Crippen molar-refractivity contribution in [2.45, 2.75) is 12.8 Å². The average molecular weight is 171 g/mol. The summed E-state index contributed by atoms with van der Waals surface area (Å²) in [5.41, 5.74) is 0. The van der Waals surface area contributed by atoms with Gasteiger partial charge in [-0.15, -0.1) is 0 Å². The van der Waals surface area contributed by atoms with Crippen molar-refractivity contribution in [1.29, 1.82) is 0 Å². The highest BCUT2D eigenvalue weighted by Gasteiger charge is 1.94. The van der Waals surface area contributed by atoms with Gasteiger partial charge in [-0.05, 0) is 12.8 Å². The first-order valence-electron chi connectivity index (χ1n) is 3.59. The molecule has 0 unspecified atom stereocenters. The molecule has 0 heterocycles. The maximum atomic E-state index is 10.5. The first-order chi connectivity index (χ1) is 5.81. The van der Waals surface area contributed by atoms with Gasteiger partial charge in [-0.1, -0.05) is 6.58 Å². The molecule has 0 aromatic carbocycles. The van der Waals surface area contributed by atoms with Gasteiger partial charge in [0.1, 0.15) is 0 Å². The molecule has 0 aromatic heterocycles. The van der Waals surface area contributed by atoms with Gasteiger partial charge in [0.15, 0.2) is 0 Å². The molecule has 0 fully saturated rings. The number of carbonyl (C=O) groups excluding carboxylic acids is 2. The van der Waals surface area contributed by atoms with E-state index in [1.165, 1.54) is 6.47 Å². The summed E-state index contributed by atoms with van der Waals surface area (Å²) < 4.78 is 8.96. The Hall–Kier alpha value is -1.32. The highest BCUT2D eigenvalue weighted by molar-refractivity contribution is 5.81. The molecule has 0 aliphatic heterocycles. The van der Waals surface area contributed by atoms with Gasteiger partial charge < -0.3 is 9.47 Å². The first-order valence-corrected chi connectivity index (χ1v) is 3.59. The van der Waals surface area contributed by atoms with Crippen LogP contribution < -0.4 is 0 Å². The van der Waals surface area contributed by atoms with E-state index in [4.69, 9.17) is 0 Å². The second-order valence-electron chi connectivity index (χ2n) is 2.01. The largest absolute Gasteiger partial charge is 0.463 e. The molecule has 0 spiro atoms. The quantitative estimate of drug-likeness (QED) is 0.319. The third-order valence-electron chi connectivity index (χ3n) is 1.11. The van der Waals surface area contributed by atoms with Crippen molar-refractivity contribution in [3.8, 4) is 0 Å². The molecular weight excluding hydrogens is 160 g/mol. The van der Waals surface area contributed by atoms with Crippen molar-refractivity contribution in [3.63, 3.8) is 0 Å². The van der Waals surface area contributed by atoms with E-state index in [0.29, 0.717) is 26.1 Å². The van der Waals surface area contributed by atoms with E-state index in [9.17, 15) is 9.59 Å². The highest BCUT2D eigenvalue weighted by Crippen LogP contribution is 1.91. The van der Waals surface area contributed by atoms with Crippen LogP contribution >= 0.6 is 0 Å². The standard InChI is InChI=1S/C8H11O4/c1-2-8(10)12-6-4-3-5-11-7-9/h2H,1,3-6H2. The summed E-state index contributed by atoms with van der Waals surface area (Å²) >= 11 is 0. The number of ether oxygens (including phenoxy) is 2. The Kier molecular flexibility index (Phi) is 6.93. The smallest absolute Gasteiger partial charge is 0.417 e. The number of carbonyl (C=O) groups is 1. The fourth-order valence-electron chi connectivity index (χ4n) is 0.550. The Morgan fingerprint density at radius 2 is 2.08 bits per heavy atom. The summed E-state index contributed by atoms with van der Waals surface area (Å²) in [6.07, 6.45) is 2.44. The van der Waals surface area contributed by atoms with Crippen LogP contribution in [0.15, 0.2) is 12.7 Å². The topological polar surface area (TPSA) is 52.6 Å². The van der Waals surface area contributed by atoms with Crippen LogP contribution in [0.3, 0.4) is 0 Å². The molecule has 0 saturated carbocycles. The van der Waals surface area contributed by atoms with Gasteiger partial charge in [0.2, 0.25) is 0 Å². The number of esters is 1. The van der Waals surface area contributed by atoms with Crippen molar-refractivity contribution in [1.82, 2.24) is 0 Å². The Labute approximate surface area is 71.2 Å². The summed E-state index contributed by atoms with van der Waals surface area (Å²) in [7, 11) is 0. The summed E-state index contributed by atoms with van der Waals surface area (Å²) in [6, 6.07) is 0. The second kappa shape index (κ2) is 7.78. The van der Waals surface area contributed by atoms with Gasteiger partial charge in [0.25, 0.3) is 0 Å². The van der Waals surface area contributed by atoms with E-state index in [0.717, 1.165) is 6.08 Å². The lowest BCUT2D eigenvalue weighted by molar-refractivity contribution is -0.137. The van der Waals surface area contributed by atoms with Crippen LogP contribution in [-0.4, -0.2) is 25.7 Å². The van der Waals surface area contributed by atoms with E-state index in [1.807, 2.05) is 0 Å². The third kappa shape index (κ3) is 6.80. The molecule has 12 heavy (non-hydrogen) atoms. The summed E-state index contributed by atoms with van der Waals surface area (Å²) in [6.45, 7) is 5.18.